The quantitative estimate of drug-likeness (QED) is 0.916. The molecule has 3 nitrogen and oxygen atoms in total. The molecule has 2 rings (SSSR count). The Morgan fingerprint density at radius 1 is 1.15 bits per heavy atom. The van der Waals surface area contributed by atoms with Crippen molar-refractivity contribution in [1.82, 2.24) is 9.55 Å². The molecule has 0 spiro atoms. The van der Waals surface area contributed by atoms with Crippen molar-refractivity contribution in [3.05, 3.63) is 35.7 Å². The summed E-state index contributed by atoms with van der Waals surface area (Å²) < 4.78 is 2.13. The van der Waals surface area contributed by atoms with Crippen LogP contribution < -0.4 is 5.73 Å². The van der Waals surface area contributed by atoms with Crippen LogP contribution in [0.3, 0.4) is 0 Å². The number of nitrogens with zero attached hydrogens (tertiary/aromatic N) is 2. The Morgan fingerprint density at radius 2 is 1.80 bits per heavy atom. The number of hydrogen-bond donors (Lipinski definition) is 1. The third-order valence-electron chi connectivity index (χ3n) is 3.65. The first kappa shape index (κ1) is 14.6. The second-order valence-corrected chi connectivity index (χ2v) is 6.17. The zero-order valence-corrected chi connectivity index (χ0v) is 13.2. The molecule has 1 aromatic heterocycles. The summed E-state index contributed by atoms with van der Waals surface area (Å²) in [6.45, 7) is 11.7. The molecule has 0 aliphatic rings. The van der Waals surface area contributed by atoms with Gasteiger partial charge in [-0.25, -0.2) is 4.98 Å². The van der Waals surface area contributed by atoms with Gasteiger partial charge in [0.1, 0.15) is 17.3 Å². The topological polar surface area (TPSA) is 43.8 Å². The van der Waals surface area contributed by atoms with E-state index in [2.05, 4.69) is 63.5 Å². The monoisotopic (exact) mass is 271 g/mol. The third kappa shape index (κ3) is 2.45. The van der Waals surface area contributed by atoms with Crippen molar-refractivity contribution < 1.29 is 0 Å². The van der Waals surface area contributed by atoms with Gasteiger partial charge in [0, 0.05) is 17.5 Å². The van der Waals surface area contributed by atoms with Crippen molar-refractivity contribution in [2.24, 2.45) is 0 Å². The lowest BCUT2D eigenvalue weighted by atomic mass is 9.95. The molecule has 2 N–H and O–H groups in total. The van der Waals surface area contributed by atoms with Gasteiger partial charge in [0.05, 0.1) is 0 Å². The SMILES string of the molecule is CCc1ccccc1-c1nc(C(C)(C)C)n(CC)c1N. The van der Waals surface area contributed by atoms with E-state index < -0.39 is 0 Å². The van der Waals surface area contributed by atoms with E-state index in [1.807, 2.05) is 0 Å². The number of benzene rings is 1. The maximum Gasteiger partial charge on any atom is 0.131 e. The van der Waals surface area contributed by atoms with E-state index >= 15 is 0 Å². The summed E-state index contributed by atoms with van der Waals surface area (Å²) in [5.41, 5.74) is 9.73. The van der Waals surface area contributed by atoms with Gasteiger partial charge in [-0.3, -0.25) is 0 Å². The van der Waals surface area contributed by atoms with Crippen LogP contribution in [0.1, 0.15) is 46.0 Å². The average Bonchev–Trinajstić information content (AvgIpc) is 2.75. The van der Waals surface area contributed by atoms with Crippen LogP contribution in [0.4, 0.5) is 5.82 Å². The average molecular weight is 271 g/mol. The number of aryl methyl sites for hydroxylation is 1. The van der Waals surface area contributed by atoms with Crippen LogP contribution in [-0.4, -0.2) is 9.55 Å². The van der Waals surface area contributed by atoms with Gasteiger partial charge in [-0.1, -0.05) is 52.0 Å². The smallest absolute Gasteiger partial charge is 0.131 e. The van der Waals surface area contributed by atoms with Crippen LogP contribution in [0.5, 0.6) is 0 Å². The number of rotatable bonds is 3. The Labute approximate surface area is 121 Å². The molecular weight excluding hydrogens is 246 g/mol. The summed E-state index contributed by atoms with van der Waals surface area (Å²) in [7, 11) is 0. The predicted octanol–water partition coefficient (Wildman–Crippen LogP) is 4.01. The fourth-order valence-electron chi connectivity index (χ4n) is 2.62. The van der Waals surface area contributed by atoms with E-state index in [-0.39, 0.29) is 5.41 Å². The molecule has 0 aliphatic heterocycles. The zero-order chi connectivity index (χ0) is 14.9. The number of hydrogen-bond acceptors (Lipinski definition) is 2. The largest absolute Gasteiger partial charge is 0.383 e. The summed E-state index contributed by atoms with van der Waals surface area (Å²) >= 11 is 0. The molecule has 0 saturated carbocycles. The van der Waals surface area contributed by atoms with Crippen molar-refractivity contribution in [2.75, 3.05) is 5.73 Å². The zero-order valence-electron chi connectivity index (χ0n) is 13.2. The van der Waals surface area contributed by atoms with E-state index in [1.165, 1.54) is 5.56 Å². The van der Waals surface area contributed by atoms with Crippen LogP contribution in [0.15, 0.2) is 24.3 Å². The minimum Gasteiger partial charge on any atom is -0.383 e. The molecule has 3 heteroatoms. The van der Waals surface area contributed by atoms with Gasteiger partial charge in [0.15, 0.2) is 0 Å². The molecule has 1 heterocycles. The molecule has 0 saturated heterocycles. The number of nitrogens with two attached hydrogens (primary N) is 1. The molecule has 2 aromatic rings. The van der Waals surface area contributed by atoms with Crippen molar-refractivity contribution in [2.45, 2.75) is 53.0 Å². The number of nitrogen functional groups attached to an aromatic ring is 1. The first-order chi connectivity index (χ1) is 9.40. The van der Waals surface area contributed by atoms with Crippen LogP contribution >= 0.6 is 0 Å². The van der Waals surface area contributed by atoms with Gasteiger partial charge in [-0.2, -0.15) is 0 Å². The minimum atomic E-state index is -0.0104. The van der Waals surface area contributed by atoms with Crippen LogP contribution in [0.2, 0.25) is 0 Å². The molecular formula is C17H25N3. The van der Waals surface area contributed by atoms with E-state index in [4.69, 9.17) is 10.7 Å². The molecule has 20 heavy (non-hydrogen) atoms. The Hall–Kier alpha value is -1.77. The van der Waals surface area contributed by atoms with Gasteiger partial charge in [-0.05, 0) is 18.9 Å². The standard InChI is InChI=1S/C17H25N3/c1-6-12-10-8-9-11-13(12)14-15(18)20(7-2)16(19-14)17(3,4)5/h8-11H,6-7,18H2,1-5H3. The molecule has 0 amide bonds. The molecule has 0 aliphatic carbocycles. The second-order valence-electron chi connectivity index (χ2n) is 6.17. The van der Waals surface area contributed by atoms with Crippen LogP contribution in [0.25, 0.3) is 11.3 Å². The summed E-state index contributed by atoms with van der Waals surface area (Å²) in [5.74, 6) is 1.83. The van der Waals surface area contributed by atoms with Gasteiger partial charge in [-0.15, -0.1) is 0 Å². The minimum absolute atomic E-state index is 0.0104. The normalized spacial score (nSPS) is 11.8. The molecule has 1 aromatic carbocycles. The molecule has 0 fully saturated rings. The molecule has 0 radical (unpaired) electrons. The van der Waals surface area contributed by atoms with Crippen molar-refractivity contribution in [1.29, 1.82) is 0 Å². The summed E-state index contributed by atoms with van der Waals surface area (Å²) in [6, 6.07) is 8.39. The van der Waals surface area contributed by atoms with E-state index in [9.17, 15) is 0 Å². The predicted molar refractivity (Wildman–Crippen MR) is 85.8 cm³/mol. The lowest BCUT2D eigenvalue weighted by Crippen LogP contribution is -2.19. The van der Waals surface area contributed by atoms with Crippen molar-refractivity contribution >= 4 is 5.82 Å². The van der Waals surface area contributed by atoms with Crippen LogP contribution in [-0.2, 0) is 18.4 Å². The van der Waals surface area contributed by atoms with E-state index in [0.29, 0.717) is 0 Å². The first-order valence-electron chi connectivity index (χ1n) is 7.34. The highest BCUT2D eigenvalue weighted by Gasteiger charge is 2.25. The van der Waals surface area contributed by atoms with Gasteiger partial charge >= 0.3 is 0 Å². The number of imidazole rings is 1. The number of aromatic nitrogens is 2. The van der Waals surface area contributed by atoms with Gasteiger partial charge < -0.3 is 10.3 Å². The lowest BCUT2D eigenvalue weighted by molar-refractivity contribution is 0.508. The van der Waals surface area contributed by atoms with Crippen LogP contribution in [0, 0.1) is 0 Å². The molecule has 108 valence electrons. The summed E-state index contributed by atoms with van der Waals surface area (Å²) in [4.78, 5) is 4.87. The Bertz CT molecular complexity index is 603. The summed E-state index contributed by atoms with van der Waals surface area (Å²) in [5, 5.41) is 0. The lowest BCUT2D eigenvalue weighted by Gasteiger charge is -2.19. The molecule has 0 bridgehead atoms. The van der Waals surface area contributed by atoms with Crippen molar-refractivity contribution in [3.63, 3.8) is 0 Å². The summed E-state index contributed by atoms with van der Waals surface area (Å²) in [6.07, 6.45) is 0.986. The maximum atomic E-state index is 6.37. The Morgan fingerprint density at radius 3 is 2.30 bits per heavy atom. The fourth-order valence-corrected chi connectivity index (χ4v) is 2.62. The third-order valence-corrected chi connectivity index (χ3v) is 3.65. The molecule has 0 atom stereocenters. The highest BCUT2D eigenvalue weighted by atomic mass is 15.1. The van der Waals surface area contributed by atoms with Gasteiger partial charge in [0.25, 0.3) is 0 Å². The highest BCUT2D eigenvalue weighted by Crippen LogP contribution is 2.33. The highest BCUT2D eigenvalue weighted by molar-refractivity contribution is 5.74. The fraction of sp³-hybridized carbons (Fsp3) is 0.471. The van der Waals surface area contributed by atoms with Crippen molar-refractivity contribution in [3.8, 4) is 11.3 Å². The second kappa shape index (κ2) is 5.31. The number of anilines is 1. The maximum absolute atomic E-state index is 6.37. The molecule has 0 unspecified atom stereocenters. The first-order valence-corrected chi connectivity index (χ1v) is 7.34. The van der Waals surface area contributed by atoms with E-state index in [0.717, 1.165) is 35.9 Å². The Kier molecular flexibility index (Phi) is 3.89. The Balaban J connectivity index is 2.67. The van der Waals surface area contributed by atoms with Gasteiger partial charge in [0.2, 0.25) is 0 Å². The van der Waals surface area contributed by atoms with E-state index in [1.54, 1.807) is 0 Å².